The van der Waals surface area contributed by atoms with Gasteiger partial charge in [0, 0.05) is 30.6 Å². The molecule has 1 aliphatic rings. The Morgan fingerprint density at radius 3 is 2.79 bits per heavy atom. The second-order valence-electron chi connectivity index (χ2n) is 5.89. The molecule has 1 fully saturated rings. The Labute approximate surface area is 115 Å². The maximum atomic E-state index is 5.85. The van der Waals surface area contributed by atoms with Crippen molar-refractivity contribution in [3.05, 3.63) is 11.9 Å². The SMILES string of the molecule is CC(C)c1nc(N)cc(NC2CCN(C)C(C)C2)n1. The van der Waals surface area contributed by atoms with Gasteiger partial charge >= 0.3 is 0 Å². The second-order valence-corrected chi connectivity index (χ2v) is 5.89. The summed E-state index contributed by atoms with van der Waals surface area (Å²) in [6, 6.07) is 2.91. The molecule has 0 aliphatic carbocycles. The highest BCUT2D eigenvalue weighted by atomic mass is 15.2. The van der Waals surface area contributed by atoms with Crippen LogP contribution in [0.2, 0.25) is 0 Å². The molecular formula is C14H25N5. The van der Waals surface area contributed by atoms with Crippen LogP contribution in [0.15, 0.2) is 6.07 Å². The summed E-state index contributed by atoms with van der Waals surface area (Å²) < 4.78 is 0. The highest BCUT2D eigenvalue weighted by Crippen LogP contribution is 2.21. The van der Waals surface area contributed by atoms with Crippen LogP contribution in [0.5, 0.6) is 0 Å². The van der Waals surface area contributed by atoms with E-state index in [-0.39, 0.29) is 0 Å². The lowest BCUT2D eigenvalue weighted by atomic mass is 9.99. The van der Waals surface area contributed by atoms with E-state index in [0.717, 1.165) is 31.0 Å². The van der Waals surface area contributed by atoms with Crippen molar-refractivity contribution in [2.75, 3.05) is 24.6 Å². The average molecular weight is 263 g/mol. The molecule has 1 aromatic rings. The smallest absolute Gasteiger partial charge is 0.135 e. The number of anilines is 2. The predicted molar refractivity (Wildman–Crippen MR) is 79.3 cm³/mol. The van der Waals surface area contributed by atoms with E-state index in [1.54, 1.807) is 0 Å². The quantitative estimate of drug-likeness (QED) is 0.874. The van der Waals surface area contributed by atoms with Crippen LogP contribution in [-0.2, 0) is 0 Å². The van der Waals surface area contributed by atoms with Crippen LogP contribution in [0.25, 0.3) is 0 Å². The molecule has 2 atom stereocenters. The van der Waals surface area contributed by atoms with Crippen LogP contribution in [0.1, 0.15) is 45.4 Å². The fraction of sp³-hybridized carbons (Fsp3) is 0.714. The molecule has 19 heavy (non-hydrogen) atoms. The highest BCUT2D eigenvalue weighted by molar-refractivity contribution is 5.45. The lowest BCUT2D eigenvalue weighted by Crippen LogP contribution is -2.42. The van der Waals surface area contributed by atoms with Gasteiger partial charge in [-0.15, -0.1) is 0 Å². The van der Waals surface area contributed by atoms with Gasteiger partial charge in [0.05, 0.1) is 0 Å². The van der Waals surface area contributed by atoms with Gasteiger partial charge in [-0.25, -0.2) is 9.97 Å². The molecule has 0 saturated carbocycles. The van der Waals surface area contributed by atoms with Gasteiger partial charge in [0.15, 0.2) is 0 Å². The Morgan fingerprint density at radius 1 is 1.42 bits per heavy atom. The molecule has 0 spiro atoms. The van der Waals surface area contributed by atoms with Crippen molar-refractivity contribution >= 4 is 11.6 Å². The Morgan fingerprint density at radius 2 is 2.16 bits per heavy atom. The van der Waals surface area contributed by atoms with Crippen LogP contribution >= 0.6 is 0 Å². The molecule has 1 aliphatic heterocycles. The van der Waals surface area contributed by atoms with E-state index in [4.69, 9.17) is 5.73 Å². The van der Waals surface area contributed by atoms with E-state index in [0.29, 0.717) is 23.8 Å². The van der Waals surface area contributed by atoms with Crippen molar-refractivity contribution in [3.8, 4) is 0 Å². The monoisotopic (exact) mass is 263 g/mol. The maximum absolute atomic E-state index is 5.85. The third-order valence-corrected chi connectivity index (χ3v) is 3.84. The number of nitrogens with one attached hydrogen (secondary N) is 1. The number of nitrogen functional groups attached to an aromatic ring is 1. The number of aromatic nitrogens is 2. The minimum absolute atomic E-state index is 0.292. The van der Waals surface area contributed by atoms with E-state index in [1.807, 2.05) is 6.07 Å². The average Bonchev–Trinajstić information content (AvgIpc) is 2.33. The molecular weight excluding hydrogens is 238 g/mol. The maximum Gasteiger partial charge on any atom is 0.135 e. The van der Waals surface area contributed by atoms with Crippen molar-refractivity contribution in [3.63, 3.8) is 0 Å². The molecule has 3 N–H and O–H groups in total. The number of hydrogen-bond acceptors (Lipinski definition) is 5. The van der Waals surface area contributed by atoms with Crippen LogP contribution in [0, 0.1) is 0 Å². The zero-order valence-corrected chi connectivity index (χ0v) is 12.3. The minimum atomic E-state index is 0.292. The van der Waals surface area contributed by atoms with E-state index >= 15 is 0 Å². The van der Waals surface area contributed by atoms with Crippen molar-refractivity contribution in [1.29, 1.82) is 0 Å². The predicted octanol–water partition coefficient (Wildman–Crippen LogP) is 2.08. The summed E-state index contributed by atoms with van der Waals surface area (Å²) in [6.07, 6.45) is 2.28. The molecule has 1 aromatic heterocycles. The van der Waals surface area contributed by atoms with Crippen molar-refractivity contribution in [2.45, 2.75) is 51.6 Å². The number of likely N-dealkylation sites (tertiary alicyclic amines) is 1. The molecule has 106 valence electrons. The van der Waals surface area contributed by atoms with Crippen molar-refractivity contribution in [1.82, 2.24) is 14.9 Å². The van der Waals surface area contributed by atoms with Crippen LogP contribution < -0.4 is 11.1 Å². The largest absolute Gasteiger partial charge is 0.384 e. The number of rotatable bonds is 3. The van der Waals surface area contributed by atoms with Crippen LogP contribution in [0.4, 0.5) is 11.6 Å². The molecule has 0 bridgehead atoms. The first-order valence-corrected chi connectivity index (χ1v) is 7.07. The van der Waals surface area contributed by atoms with Gasteiger partial charge in [0.2, 0.25) is 0 Å². The van der Waals surface area contributed by atoms with Crippen LogP contribution in [-0.4, -0.2) is 40.5 Å². The van der Waals surface area contributed by atoms with Gasteiger partial charge in [0.1, 0.15) is 17.5 Å². The first kappa shape index (κ1) is 14.1. The summed E-state index contributed by atoms with van der Waals surface area (Å²) >= 11 is 0. The van der Waals surface area contributed by atoms with Gasteiger partial charge in [0.25, 0.3) is 0 Å². The minimum Gasteiger partial charge on any atom is -0.384 e. The third-order valence-electron chi connectivity index (χ3n) is 3.84. The van der Waals surface area contributed by atoms with Gasteiger partial charge in [-0.2, -0.15) is 0 Å². The molecule has 1 saturated heterocycles. The summed E-state index contributed by atoms with van der Waals surface area (Å²) in [5.41, 5.74) is 5.85. The molecule has 0 amide bonds. The van der Waals surface area contributed by atoms with Crippen LogP contribution in [0.3, 0.4) is 0 Å². The molecule has 5 nitrogen and oxygen atoms in total. The highest BCUT2D eigenvalue weighted by Gasteiger charge is 2.23. The third kappa shape index (κ3) is 3.56. The molecule has 2 heterocycles. The molecule has 0 aromatic carbocycles. The fourth-order valence-electron chi connectivity index (χ4n) is 2.45. The zero-order valence-electron chi connectivity index (χ0n) is 12.3. The Bertz CT molecular complexity index is 432. The number of piperidine rings is 1. The standard InChI is InChI=1S/C14H25N5/c1-9(2)14-17-12(15)8-13(18-14)16-11-5-6-19(4)10(3)7-11/h8-11H,5-7H2,1-4H3,(H3,15,16,17,18). The summed E-state index contributed by atoms with van der Waals surface area (Å²) in [5, 5.41) is 3.51. The van der Waals surface area contributed by atoms with Gasteiger partial charge in [-0.05, 0) is 26.8 Å². The summed E-state index contributed by atoms with van der Waals surface area (Å²) in [4.78, 5) is 11.2. The van der Waals surface area contributed by atoms with Gasteiger partial charge in [-0.1, -0.05) is 13.8 Å². The molecule has 2 unspecified atom stereocenters. The summed E-state index contributed by atoms with van der Waals surface area (Å²) in [6.45, 7) is 7.55. The lowest BCUT2D eigenvalue weighted by molar-refractivity contribution is 0.190. The summed E-state index contributed by atoms with van der Waals surface area (Å²) in [7, 11) is 2.18. The first-order valence-electron chi connectivity index (χ1n) is 7.07. The van der Waals surface area contributed by atoms with Crippen molar-refractivity contribution in [2.24, 2.45) is 0 Å². The number of hydrogen-bond donors (Lipinski definition) is 2. The Kier molecular flexibility index (Phi) is 4.24. The van der Waals surface area contributed by atoms with E-state index < -0.39 is 0 Å². The van der Waals surface area contributed by atoms with E-state index in [1.165, 1.54) is 0 Å². The van der Waals surface area contributed by atoms with E-state index in [9.17, 15) is 0 Å². The number of nitrogens with two attached hydrogens (primary N) is 1. The second kappa shape index (κ2) is 5.74. The summed E-state index contributed by atoms with van der Waals surface area (Å²) in [5.74, 6) is 2.50. The fourth-order valence-corrected chi connectivity index (χ4v) is 2.45. The Balaban J connectivity index is 2.07. The molecule has 0 radical (unpaired) electrons. The van der Waals surface area contributed by atoms with E-state index in [2.05, 4.69) is 48.0 Å². The number of nitrogens with zero attached hydrogens (tertiary/aromatic N) is 3. The zero-order chi connectivity index (χ0) is 14.0. The topological polar surface area (TPSA) is 67.1 Å². The first-order chi connectivity index (χ1) is 8.95. The Hall–Kier alpha value is -1.36. The van der Waals surface area contributed by atoms with Gasteiger partial charge in [-0.3, -0.25) is 0 Å². The molecule has 2 rings (SSSR count). The van der Waals surface area contributed by atoms with Crippen molar-refractivity contribution < 1.29 is 0 Å². The lowest BCUT2D eigenvalue weighted by Gasteiger charge is -2.35. The van der Waals surface area contributed by atoms with Gasteiger partial charge < -0.3 is 16.0 Å². The molecule has 5 heteroatoms. The normalized spacial score (nSPS) is 24.7.